The van der Waals surface area contributed by atoms with Crippen LogP contribution >= 0.6 is 12.2 Å². The first-order chi connectivity index (χ1) is 12.9. The molecule has 9 nitrogen and oxygen atoms in total. The van der Waals surface area contributed by atoms with Crippen LogP contribution in [0.1, 0.15) is 0 Å². The van der Waals surface area contributed by atoms with Gasteiger partial charge in [-0.05, 0) is 18.3 Å². The number of thiocarbonyl (C=S) groups is 1. The lowest BCUT2D eigenvalue weighted by atomic mass is 10.2. The van der Waals surface area contributed by atoms with E-state index in [0.717, 1.165) is 0 Å². The van der Waals surface area contributed by atoms with E-state index in [1.807, 2.05) is 0 Å². The maximum atomic E-state index is 10.9. The molecule has 144 valence electrons. The van der Waals surface area contributed by atoms with E-state index >= 15 is 0 Å². The summed E-state index contributed by atoms with van der Waals surface area (Å²) in [6.45, 7) is 0. The highest BCUT2D eigenvalue weighted by molar-refractivity contribution is 7.80. The molecule has 2 rings (SSSR count). The summed E-state index contributed by atoms with van der Waals surface area (Å²) in [5.74, 6) is 1.69. The number of rotatable bonds is 7. The molecule has 0 unspecified atom stereocenters. The smallest absolute Gasteiger partial charge is 0.273 e. The van der Waals surface area contributed by atoms with Gasteiger partial charge in [-0.3, -0.25) is 10.1 Å². The summed E-state index contributed by atoms with van der Waals surface area (Å²) < 4.78 is 21.1. The zero-order valence-electron chi connectivity index (χ0n) is 15.2. The Bertz CT molecular complexity index is 834. The van der Waals surface area contributed by atoms with Crippen LogP contribution in [0.2, 0.25) is 0 Å². The zero-order valence-corrected chi connectivity index (χ0v) is 16.0. The molecule has 2 aromatic carbocycles. The first kappa shape index (κ1) is 20.0. The Morgan fingerprint density at radius 1 is 0.926 bits per heavy atom. The third-order valence-corrected chi connectivity index (χ3v) is 3.77. The molecule has 0 aliphatic rings. The monoisotopic (exact) mass is 393 g/mol. The number of nitrogens with one attached hydrogen (secondary N) is 2. The lowest BCUT2D eigenvalue weighted by molar-refractivity contribution is -0.384. The van der Waals surface area contributed by atoms with Crippen LogP contribution in [0, 0.1) is 10.1 Å². The second-order valence-electron chi connectivity index (χ2n) is 5.13. The molecule has 0 amide bonds. The van der Waals surface area contributed by atoms with E-state index in [4.69, 9.17) is 31.2 Å². The topological polar surface area (TPSA) is 104 Å². The van der Waals surface area contributed by atoms with Gasteiger partial charge in [0.1, 0.15) is 5.75 Å². The number of benzene rings is 2. The normalized spacial score (nSPS) is 9.93. The molecule has 27 heavy (non-hydrogen) atoms. The average molecular weight is 393 g/mol. The van der Waals surface area contributed by atoms with Crippen molar-refractivity contribution in [2.75, 3.05) is 39.1 Å². The van der Waals surface area contributed by atoms with Gasteiger partial charge in [-0.1, -0.05) is 0 Å². The van der Waals surface area contributed by atoms with Crippen LogP contribution in [0.3, 0.4) is 0 Å². The number of hydrogen-bond donors (Lipinski definition) is 2. The summed E-state index contributed by atoms with van der Waals surface area (Å²) in [4.78, 5) is 10.4. The lowest BCUT2D eigenvalue weighted by Crippen LogP contribution is -2.19. The average Bonchev–Trinajstić information content (AvgIpc) is 2.66. The molecule has 0 saturated heterocycles. The van der Waals surface area contributed by atoms with E-state index in [2.05, 4.69) is 10.6 Å². The van der Waals surface area contributed by atoms with Gasteiger partial charge in [-0.25, -0.2) is 0 Å². The van der Waals surface area contributed by atoms with E-state index in [1.165, 1.54) is 46.6 Å². The third-order valence-electron chi connectivity index (χ3n) is 3.57. The van der Waals surface area contributed by atoms with Gasteiger partial charge in [0, 0.05) is 23.9 Å². The quantitative estimate of drug-likeness (QED) is 0.416. The van der Waals surface area contributed by atoms with Crippen LogP contribution in [-0.2, 0) is 0 Å². The minimum atomic E-state index is -0.501. The lowest BCUT2D eigenvalue weighted by Gasteiger charge is -2.16. The highest BCUT2D eigenvalue weighted by Crippen LogP contribution is 2.40. The van der Waals surface area contributed by atoms with Crippen molar-refractivity contribution in [1.29, 1.82) is 0 Å². The Morgan fingerprint density at radius 2 is 1.52 bits per heavy atom. The van der Waals surface area contributed by atoms with E-state index in [1.54, 1.807) is 12.1 Å². The standard InChI is InChI=1S/C17H19N3O6S/c1-23-13-9-11(20(21)22)5-6-12(13)19-17(27)18-10-7-14(24-2)16(26-4)15(8-10)25-3/h5-9H,1-4H3,(H2,18,19,27). The van der Waals surface area contributed by atoms with Gasteiger partial charge in [0.05, 0.1) is 45.1 Å². The predicted octanol–water partition coefficient (Wildman–Crippen LogP) is 3.44. The molecule has 0 aromatic heterocycles. The van der Waals surface area contributed by atoms with E-state index in [-0.39, 0.29) is 10.8 Å². The first-order valence-corrected chi connectivity index (χ1v) is 8.04. The minimum absolute atomic E-state index is 0.0825. The van der Waals surface area contributed by atoms with Crippen molar-refractivity contribution in [3.63, 3.8) is 0 Å². The molecule has 0 heterocycles. The Labute approximate surface area is 161 Å². The highest BCUT2D eigenvalue weighted by atomic mass is 32.1. The molecule has 0 spiro atoms. The Kier molecular flexibility index (Phi) is 6.61. The molecular formula is C17H19N3O6S. The number of methoxy groups -OCH3 is 4. The van der Waals surface area contributed by atoms with Crippen molar-refractivity contribution >= 4 is 34.4 Å². The summed E-state index contributed by atoms with van der Waals surface area (Å²) in [5.41, 5.74) is 0.997. The second kappa shape index (κ2) is 8.90. The molecule has 0 bridgehead atoms. The van der Waals surface area contributed by atoms with E-state index < -0.39 is 4.92 Å². The minimum Gasteiger partial charge on any atom is -0.494 e. The first-order valence-electron chi connectivity index (χ1n) is 7.64. The number of non-ortho nitro benzene ring substituents is 1. The highest BCUT2D eigenvalue weighted by Gasteiger charge is 2.15. The largest absolute Gasteiger partial charge is 0.494 e. The molecule has 0 radical (unpaired) electrons. The van der Waals surface area contributed by atoms with Crippen molar-refractivity contribution in [2.45, 2.75) is 0 Å². The molecule has 0 atom stereocenters. The third kappa shape index (κ3) is 4.67. The summed E-state index contributed by atoms with van der Waals surface area (Å²) in [6, 6.07) is 7.57. The molecule has 0 saturated carbocycles. The van der Waals surface area contributed by atoms with Gasteiger partial charge in [0.25, 0.3) is 5.69 Å². The van der Waals surface area contributed by atoms with Crippen LogP contribution in [0.25, 0.3) is 0 Å². The molecule has 2 aromatic rings. The number of nitrogens with zero attached hydrogens (tertiary/aromatic N) is 1. The van der Waals surface area contributed by atoms with Crippen LogP contribution in [0.5, 0.6) is 23.0 Å². The Balaban J connectivity index is 2.22. The predicted molar refractivity (Wildman–Crippen MR) is 106 cm³/mol. The van der Waals surface area contributed by atoms with Crippen molar-refractivity contribution in [3.05, 3.63) is 40.4 Å². The summed E-state index contributed by atoms with van der Waals surface area (Å²) in [5, 5.41) is 17.1. The van der Waals surface area contributed by atoms with Crippen LogP contribution < -0.4 is 29.6 Å². The van der Waals surface area contributed by atoms with Crippen LogP contribution in [0.15, 0.2) is 30.3 Å². The van der Waals surface area contributed by atoms with E-state index in [9.17, 15) is 10.1 Å². The summed E-state index contributed by atoms with van der Waals surface area (Å²) in [7, 11) is 5.96. The number of nitro benzene ring substituents is 1. The fraction of sp³-hybridized carbons (Fsp3) is 0.235. The van der Waals surface area contributed by atoms with E-state index in [0.29, 0.717) is 34.4 Å². The SMILES string of the molecule is COc1cc([N+](=O)[O-])ccc1NC(=S)Nc1cc(OC)c(OC)c(OC)c1. The van der Waals surface area contributed by atoms with Crippen molar-refractivity contribution in [1.82, 2.24) is 0 Å². The van der Waals surface area contributed by atoms with Gasteiger partial charge in [0.2, 0.25) is 5.75 Å². The molecule has 0 aliphatic carbocycles. The van der Waals surface area contributed by atoms with Crippen LogP contribution in [-0.4, -0.2) is 38.5 Å². The maximum absolute atomic E-state index is 10.9. The van der Waals surface area contributed by atoms with Crippen molar-refractivity contribution in [3.8, 4) is 23.0 Å². The molecule has 0 aliphatic heterocycles. The Morgan fingerprint density at radius 3 is 2.00 bits per heavy atom. The molecule has 10 heteroatoms. The van der Waals surface area contributed by atoms with Gasteiger partial charge in [0.15, 0.2) is 16.6 Å². The zero-order chi connectivity index (χ0) is 20.0. The van der Waals surface area contributed by atoms with Crippen LogP contribution in [0.4, 0.5) is 17.1 Å². The maximum Gasteiger partial charge on any atom is 0.273 e. The number of anilines is 2. The van der Waals surface area contributed by atoms with Gasteiger partial charge in [-0.15, -0.1) is 0 Å². The fourth-order valence-corrected chi connectivity index (χ4v) is 2.56. The van der Waals surface area contributed by atoms with Gasteiger partial charge < -0.3 is 29.6 Å². The number of nitro groups is 1. The Hall–Kier alpha value is -3.27. The number of ether oxygens (including phenoxy) is 4. The van der Waals surface area contributed by atoms with Crippen molar-refractivity contribution in [2.24, 2.45) is 0 Å². The molecule has 0 fully saturated rings. The second-order valence-corrected chi connectivity index (χ2v) is 5.54. The fourth-order valence-electron chi connectivity index (χ4n) is 2.33. The summed E-state index contributed by atoms with van der Waals surface area (Å²) >= 11 is 5.31. The molecular weight excluding hydrogens is 374 g/mol. The molecule has 2 N–H and O–H groups in total. The number of hydrogen-bond acceptors (Lipinski definition) is 7. The van der Waals surface area contributed by atoms with Crippen molar-refractivity contribution < 1.29 is 23.9 Å². The van der Waals surface area contributed by atoms with Gasteiger partial charge in [-0.2, -0.15) is 0 Å². The van der Waals surface area contributed by atoms with Gasteiger partial charge >= 0.3 is 0 Å². The summed E-state index contributed by atoms with van der Waals surface area (Å²) in [6.07, 6.45) is 0.